The van der Waals surface area contributed by atoms with Gasteiger partial charge in [-0.2, -0.15) is 0 Å². The third-order valence-electron chi connectivity index (χ3n) is 2.97. The van der Waals surface area contributed by atoms with Gasteiger partial charge < -0.3 is 10.5 Å². The van der Waals surface area contributed by atoms with Gasteiger partial charge in [-0.1, -0.05) is 11.6 Å². The lowest BCUT2D eigenvalue weighted by atomic mass is 9.96. The van der Waals surface area contributed by atoms with Gasteiger partial charge in [-0.15, -0.1) is 0 Å². The van der Waals surface area contributed by atoms with E-state index in [9.17, 15) is 4.79 Å². The van der Waals surface area contributed by atoms with Gasteiger partial charge in [0.05, 0.1) is 18.2 Å². The van der Waals surface area contributed by atoms with Crippen LogP contribution < -0.4 is 10.5 Å². The van der Waals surface area contributed by atoms with Crippen molar-refractivity contribution in [3.63, 3.8) is 0 Å². The van der Waals surface area contributed by atoms with E-state index in [1.807, 2.05) is 25.1 Å². The minimum Gasteiger partial charge on any atom is -0.490 e. The highest BCUT2D eigenvalue weighted by Gasteiger charge is 2.21. The summed E-state index contributed by atoms with van der Waals surface area (Å²) in [6.45, 7) is 1.99. The van der Waals surface area contributed by atoms with Gasteiger partial charge in [0.2, 0.25) is 0 Å². The number of benzene rings is 1. The average Bonchev–Trinajstić information content (AvgIpc) is 2.23. The van der Waals surface area contributed by atoms with Crippen molar-refractivity contribution < 1.29 is 9.53 Å². The second kappa shape index (κ2) is 4.66. The molecule has 0 unspecified atom stereocenters. The Morgan fingerprint density at radius 2 is 2.25 bits per heavy atom. The molecule has 3 heteroatoms. The lowest BCUT2D eigenvalue weighted by molar-refractivity contribution is 0.0972. The van der Waals surface area contributed by atoms with Crippen LogP contribution in [0.15, 0.2) is 18.2 Å². The highest BCUT2D eigenvalue weighted by Crippen LogP contribution is 2.28. The maximum Gasteiger partial charge on any atom is 0.180 e. The molecule has 16 heavy (non-hydrogen) atoms. The molecule has 1 aliphatic rings. The molecule has 0 saturated heterocycles. The van der Waals surface area contributed by atoms with Crippen molar-refractivity contribution in [2.45, 2.75) is 32.3 Å². The number of rotatable bonds is 4. The molecule has 0 atom stereocenters. The summed E-state index contributed by atoms with van der Waals surface area (Å²) >= 11 is 0. The number of carbonyl (C=O) groups is 1. The minimum absolute atomic E-state index is 0.0322. The summed E-state index contributed by atoms with van der Waals surface area (Å²) in [5.74, 6) is 0.628. The van der Waals surface area contributed by atoms with Crippen molar-refractivity contribution in [1.29, 1.82) is 0 Å². The van der Waals surface area contributed by atoms with Gasteiger partial charge in [0.25, 0.3) is 0 Å². The molecule has 1 saturated carbocycles. The summed E-state index contributed by atoms with van der Waals surface area (Å²) in [5.41, 5.74) is 7.07. The monoisotopic (exact) mass is 219 g/mol. The van der Waals surface area contributed by atoms with Crippen LogP contribution in [0.25, 0.3) is 0 Å². The molecule has 2 N–H and O–H groups in total. The van der Waals surface area contributed by atoms with Crippen LogP contribution in [-0.4, -0.2) is 18.4 Å². The molecule has 0 aromatic heterocycles. The number of Topliss-reactive ketones (excluding diaryl/α,β-unsaturated/α-hetero) is 1. The Bertz CT molecular complexity index is 397. The first-order valence-corrected chi connectivity index (χ1v) is 5.71. The Kier molecular flexibility index (Phi) is 3.25. The van der Waals surface area contributed by atoms with Gasteiger partial charge in [-0.05, 0) is 38.3 Å². The van der Waals surface area contributed by atoms with Crippen LogP contribution in [0.4, 0.5) is 0 Å². The summed E-state index contributed by atoms with van der Waals surface area (Å²) in [7, 11) is 0. The zero-order valence-corrected chi connectivity index (χ0v) is 9.53. The molecule has 0 spiro atoms. The van der Waals surface area contributed by atoms with E-state index < -0.39 is 0 Å². The molecule has 0 bridgehead atoms. The van der Waals surface area contributed by atoms with Crippen molar-refractivity contribution >= 4 is 5.78 Å². The fraction of sp³-hybridized carbons (Fsp3) is 0.462. The second-order valence-corrected chi connectivity index (χ2v) is 4.30. The Balaban J connectivity index is 2.23. The molecule has 0 heterocycles. The van der Waals surface area contributed by atoms with Gasteiger partial charge in [-0.25, -0.2) is 0 Å². The Labute approximate surface area is 95.6 Å². The topological polar surface area (TPSA) is 52.3 Å². The summed E-state index contributed by atoms with van der Waals surface area (Å²) in [5, 5.41) is 0. The number of nitrogens with two attached hydrogens (primary N) is 1. The van der Waals surface area contributed by atoms with E-state index in [2.05, 4.69) is 0 Å². The van der Waals surface area contributed by atoms with Crippen LogP contribution in [0, 0.1) is 6.92 Å². The molecular weight excluding hydrogens is 202 g/mol. The van der Waals surface area contributed by atoms with Crippen LogP contribution >= 0.6 is 0 Å². The number of carbonyl (C=O) groups excluding carboxylic acids is 1. The molecule has 3 nitrogen and oxygen atoms in total. The predicted molar refractivity (Wildman–Crippen MR) is 62.8 cm³/mol. The van der Waals surface area contributed by atoms with Crippen molar-refractivity contribution in [2.75, 3.05) is 6.54 Å². The molecule has 0 radical (unpaired) electrons. The zero-order chi connectivity index (χ0) is 11.5. The number of hydrogen-bond donors (Lipinski definition) is 1. The van der Waals surface area contributed by atoms with Gasteiger partial charge in [0.1, 0.15) is 5.75 Å². The van der Waals surface area contributed by atoms with E-state index in [4.69, 9.17) is 10.5 Å². The molecule has 0 aliphatic heterocycles. The number of hydrogen-bond acceptors (Lipinski definition) is 3. The highest BCUT2D eigenvalue weighted by molar-refractivity contribution is 6.00. The van der Waals surface area contributed by atoms with Crippen LogP contribution in [0.5, 0.6) is 5.75 Å². The SMILES string of the molecule is Cc1ccc(OC2CCC2)c(C(=O)CN)c1. The summed E-state index contributed by atoms with van der Waals surface area (Å²) < 4.78 is 5.78. The van der Waals surface area contributed by atoms with E-state index in [0.29, 0.717) is 11.3 Å². The van der Waals surface area contributed by atoms with Crippen molar-refractivity contribution in [2.24, 2.45) is 5.73 Å². The van der Waals surface area contributed by atoms with E-state index in [-0.39, 0.29) is 18.4 Å². The zero-order valence-electron chi connectivity index (χ0n) is 9.53. The number of aryl methyl sites for hydroxylation is 1. The van der Waals surface area contributed by atoms with Gasteiger partial charge in [-0.3, -0.25) is 4.79 Å². The Morgan fingerprint density at radius 3 is 2.81 bits per heavy atom. The molecule has 2 rings (SSSR count). The van der Waals surface area contributed by atoms with Gasteiger partial charge in [0.15, 0.2) is 5.78 Å². The molecule has 1 aromatic rings. The quantitative estimate of drug-likeness (QED) is 0.789. The van der Waals surface area contributed by atoms with Gasteiger partial charge >= 0.3 is 0 Å². The third kappa shape index (κ3) is 2.25. The standard InChI is InChI=1S/C13H17NO2/c1-9-5-6-13(16-10-3-2-4-10)11(7-9)12(15)8-14/h5-7,10H,2-4,8,14H2,1H3. The molecule has 1 fully saturated rings. The van der Waals surface area contributed by atoms with Crippen LogP contribution in [-0.2, 0) is 0 Å². The minimum atomic E-state index is -0.0574. The van der Waals surface area contributed by atoms with Crippen molar-refractivity contribution in [1.82, 2.24) is 0 Å². The van der Waals surface area contributed by atoms with Crippen molar-refractivity contribution in [3.8, 4) is 5.75 Å². The largest absolute Gasteiger partial charge is 0.490 e. The first kappa shape index (κ1) is 11.1. The lowest BCUT2D eigenvalue weighted by Crippen LogP contribution is -2.26. The van der Waals surface area contributed by atoms with E-state index in [1.165, 1.54) is 6.42 Å². The first-order chi connectivity index (χ1) is 7.70. The smallest absolute Gasteiger partial charge is 0.180 e. The van der Waals surface area contributed by atoms with Crippen molar-refractivity contribution in [3.05, 3.63) is 29.3 Å². The molecule has 1 aromatic carbocycles. The third-order valence-corrected chi connectivity index (χ3v) is 2.97. The van der Waals surface area contributed by atoms with E-state index in [1.54, 1.807) is 0 Å². The molecule has 0 amide bonds. The summed E-state index contributed by atoms with van der Waals surface area (Å²) in [4.78, 5) is 11.7. The van der Waals surface area contributed by atoms with Crippen LogP contribution in [0.1, 0.15) is 35.2 Å². The van der Waals surface area contributed by atoms with E-state index in [0.717, 1.165) is 18.4 Å². The molecule has 1 aliphatic carbocycles. The Morgan fingerprint density at radius 1 is 1.50 bits per heavy atom. The number of ether oxygens (including phenoxy) is 1. The molecule has 86 valence electrons. The van der Waals surface area contributed by atoms with Crippen LogP contribution in [0.3, 0.4) is 0 Å². The van der Waals surface area contributed by atoms with E-state index >= 15 is 0 Å². The van der Waals surface area contributed by atoms with Crippen LogP contribution in [0.2, 0.25) is 0 Å². The maximum atomic E-state index is 11.7. The first-order valence-electron chi connectivity index (χ1n) is 5.71. The summed E-state index contributed by atoms with van der Waals surface area (Å²) in [6, 6.07) is 5.68. The second-order valence-electron chi connectivity index (χ2n) is 4.30. The lowest BCUT2D eigenvalue weighted by Gasteiger charge is -2.27. The maximum absolute atomic E-state index is 11.7. The fourth-order valence-corrected chi connectivity index (χ4v) is 1.74. The molecular formula is C13H17NO2. The number of ketones is 1. The Hall–Kier alpha value is -1.35. The summed E-state index contributed by atoms with van der Waals surface area (Å²) in [6.07, 6.45) is 3.68. The average molecular weight is 219 g/mol. The normalized spacial score (nSPS) is 15.6. The van der Waals surface area contributed by atoms with Gasteiger partial charge in [0, 0.05) is 0 Å². The predicted octanol–water partition coefficient (Wildman–Crippen LogP) is 2.07. The fourth-order valence-electron chi connectivity index (χ4n) is 1.74. The highest BCUT2D eigenvalue weighted by atomic mass is 16.5.